The summed E-state index contributed by atoms with van der Waals surface area (Å²) in [4.78, 5) is 97.0. The number of amides is 10. The van der Waals surface area contributed by atoms with Crippen molar-refractivity contribution in [1.82, 2.24) is 49.0 Å². The van der Waals surface area contributed by atoms with Gasteiger partial charge in [0.1, 0.15) is 0 Å². The molecular weight excluding hydrogens is 761 g/mol. The Morgan fingerprint density at radius 3 is 0.450 bits per heavy atom. The van der Waals surface area contributed by atoms with E-state index in [1.165, 1.54) is 0 Å². The fourth-order valence-corrected chi connectivity index (χ4v) is 20.0. The molecule has 20 bridgehead atoms. The molecule has 10 amide bonds. The quantitative estimate of drug-likeness (QED) is 0.362. The normalized spacial score (nSPS) is 53.2. The van der Waals surface area contributed by atoms with Crippen molar-refractivity contribution >= 4 is 30.2 Å². The van der Waals surface area contributed by atoms with Crippen LogP contribution in [0.4, 0.5) is 24.0 Å². The summed E-state index contributed by atoms with van der Waals surface area (Å²) in [6.45, 7) is 1.55. The number of urea groups is 5. The summed E-state index contributed by atoms with van der Waals surface area (Å²) in [6, 6.07) is 0.551. The van der Waals surface area contributed by atoms with Crippen LogP contribution in [0.15, 0.2) is 0 Å². The van der Waals surface area contributed by atoms with Crippen molar-refractivity contribution in [3.63, 3.8) is 0 Å². The van der Waals surface area contributed by atoms with Gasteiger partial charge in [0, 0.05) is 0 Å². The zero-order valence-electron chi connectivity index (χ0n) is 34.7. The second kappa shape index (κ2) is 11.1. The zero-order valence-corrected chi connectivity index (χ0v) is 34.7. The summed E-state index contributed by atoms with van der Waals surface area (Å²) in [5.74, 6) is 4.19. The maximum Gasteiger partial charge on any atom is 0.323 e. The zero-order chi connectivity index (χ0) is 39.3. The molecule has 10 aliphatic carbocycles. The number of hydrogen-bond donors (Lipinski definition) is 0. The monoisotopic (exact) mass is 820 g/mol. The highest BCUT2D eigenvalue weighted by molar-refractivity contribution is 5.85. The first kappa shape index (κ1) is 33.9. The first-order chi connectivity index (χ1) is 29.3. The van der Waals surface area contributed by atoms with Crippen LogP contribution < -0.4 is 0 Å². The molecular formula is C45H60N10O5. The van der Waals surface area contributed by atoms with Crippen LogP contribution in [0.2, 0.25) is 0 Å². The third kappa shape index (κ3) is 3.82. The Bertz CT molecular complexity index is 1590. The van der Waals surface area contributed by atoms with E-state index in [0.717, 1.165) is 96.3 Å². The molecule has 20 unspecified atom stereocenters. The van der Waals surface area contributed by atoms with Crippen LogP contribution in [-0.4, -0.2) is 173 Å². The van der Waals surface area contributed by atoms with E-state index in [1.807, 2.05) is 0 Å². The largest absolute Gasteiger partial charge is 0.323 e. The third-order valence-electron chi connectivity index (χ3n) is 21.7. The lowest BCUT2D eigenvalue weighted by atomic mass is 9.89. The Balaban J connectivity index is 0.834. The number of rotatable bonds is 0. The van der Waals surface area contributed by atoms with Gasteiger partial charge in [0.15, 0.2) is 0 Å². The highest BCUT2D eigenvalue weighted by atomic mass is 16.2. The third-order valence-corrected chi connectivity index (χ3v) is 21.7. The Labute approximate surface area is 351 Å². The van der Waals surface area contributed by atoms with Crippen LogP contribution in [0.25, 0.3) is 0 Å². The summed E-state index contributed by atoms with van der Waals surface area (Å²) < 4.78 is 0. The topological polar surface area (TPSA) is 118 Å². The van der Waals surface area contributed by atoms with Crippen molar-refractivity contribution in [1.29, 1.82) is 0 Å². The van der Waals surface area contributed by atoms with E-state index in [2.05, 4.69) is 49.0 Å². The molecule has 0 aromatic heterocycles. The van der Waals surface area contributed by atoms with Crippen molar-refractivity contribution in [3.05, 3.63) is 0 Å². The van der Waals surface area contributed by atoms with Crippen LogP contribution >= 0.6 is 0 Å². The fraction of sp³-hybridized carbons (Fsp3) is 0.889. The van der Waals surface area contributed by atoms with E-state index < -0.39 is 0 Å². The van der Waals surface area contributed by atoms with Gasteiger partial charge >= 0.3 is 30.2 Å². The number of carbonyl (C=O) groups is 5. The van der Waals surface area contributed by atoms with Crippen LogP contribution in [0.1, 0.15) is 96.3 Å². The maximum absolute atomic E-state index is 15.2. The number of fused-ring (bicyclic) bond motifs is 45. The van der Waals surface area contributed by atoms with Gasteiger partial charge in [-0.15, -0.1) is 0 Å². The van der Waals surface area contributed by atoms with Crippen LogP contribution in [0.3, 0.4) is 0 Å². The number of nitrogens with zero attached hydrogens (tertiary/aromatic N) is 10. The molecule has 6 saturated heterocycles. The molecule has 6 heterocycles. The van der Waals surface area contributed by atoms with Crippen molar-refractivity contribution in [2.45, 2.75) is 157 Å². The van der Waals surface area contributed by atoms with Crippen molar-refractivity contribution in [2.75, 3.05) is 33.3 Å². The minimum Gasteiger partial charge on any atom is -0.301 e. The van der Waals surface area contributed by atoms with Gasteiger partial charge in [-0.2, -0.15) is 0 Å². The molecule has 16 aliphatic rings. The van der Waals surface area contributed by atoms with Crippen LogP contribution in [-0.2, 0) is 0 Å². The molecule has 320 valence electrons. The fourth-order valence-electron chi connectivity index (χ4n) is 20.0. The summed E-state index contributed by atoms with van der Waals surface area (Å²) in [7, 11) is 0. The molecule has 0 radical (unpaired) electrons. The summed E-state index contributed by atoms with van der Waals surface area (Å²) in [5.41, 5.74) is 0. The smallest absolute Gasteiger partial charge is 0.301 e. The molecule has 16 rings (SSSR count). The van der Waals surface area contributed by atoms with Crippen LogP contribution in [0, 0.1) is 59.2 Å². The number of carbonyl (C=O) groups excluding carboxylic acids is 5. The Morgan fingerprint density at radius 1 is 0.217 bits per heavy atom. The van der Waals surface area contributed by atoms with E-state index in [9.17, 15) is 0 Å². The summed E-state index contributed by atoms with van der Waals surface area (Å²) in [5, 5.41) is 0. The molecule has 0 aromatic carbocycles. The molecule has 0 spiro atoms. The molecule has 0 N–H and O–H groups in total. The van der Waals surface area contributed by atoms with E-state index in [1.54, 1.807) is 0 Å². The number of hydrogen-bond acceptors (Lipinski definition) is 5. The molecule has 6 aliphatic heterocycles. The van der Waals surface area contributed by atoms with Gasteiger partial charge in [0.05, 0.1) is 93.8 Å². The predicted molar refractivity (Wildman–Crippen MR) is 212 cm³/mol. The van der Waals surface area contributed by atoms with E-state index >= 15 is 24.0 Å². The molecule has 20 atom stereocenters. The standard InChI is InChI=1S/C45H60N10O5/c56-41-46-16-48-33-23-3-4-24(12-23)34(33)50(42(48)57)18-52-37-27-7-8-28(14-27)38(37)54(44(52)59)20-55-40-30-10-9-29(15-30)39(40)53(45(55)60)19-51-36-26-6-5-25(13-26)35(36)49(43(51)58)17-47(41)32-22-2-1-21(11-22)31(32)46/h21-40H,1-20H2. The lowest BCUT2D eigenvalue weighted by molar-refractivity contribution is 0.100. The minimum atomic E-state index is -0.00159. The van der Waals surface area contributed by atoms with Crippen molar-refractivity contribution in [2.24, 2.45) is 59.2 Å². The average Bonchev–Trinajstić information content (AvgIpc) is 4.07. The van der Waals surface area contributed by atoms with Crippen LogP contribution in [0.5, 0.6) is 0 Å². The molecule has 15 nitrogen and oxygen atoms in total. The lowest BCUT2D eigenvalue weighted by Gasteiger charge is -2.36. The lowest BCUT2D eigenvalue weighted by Crippen LogP contribution is -2.52. The molecule has 10 saturated carbocycles. The average molecular weight is 821 g/mol. The van der Waals surface area contributed by atoms with Gasteiger partial charge in [-0.25, -0.2) is 24.0 Å². The minimum absolute atomic E-state index is 0.00159. The van der Waals surface area contributed by atoms with Crippen molar-refractivity contribution < 1.29 is 24.0 Å². The van der Waals surface area contributed by atoms with Gasteiger partial charge < -0.3 is 49.0 Å². The second-order valence-corrected chi connectivity index (χ2v) is 23.4. The molecule has 0 aromatic rings. The highest BCUT2D eigenvalue weighted by Crippen LogP contribution is 2.59. The Morgan fingerprint density at radius 2 is 0.333 bits per heavy atom. The van der Waals surface area contributed by atoms with Gasteiger partial charge in [0.25, 0.3) is 0 Å². The van der Waals surface area contributed by atoms with E-state index in [4.69, 9.17) is 0 Å². The maximum atomic E-state index is 15.2. The first-order valence-electron chi connectivity index (χ1n) is 24.7. The molecule has 15 heteroatoms. The van der Waals surface area contributed by atoms with Gasteiger partial charge in [0.2, 0.25) is 0 Å². The first-order valence-corrected chi connectivity index (χ1v) is 24.7. The van der Waals surface area contributed by atoms with Gasteiger partial charge in [-0.1, -0.05) is 0 Å². The van der Waals surface area contributed by atoms with E-state index in [-0.39, 0.29) is 90.6 Å². The molecule has 60 heavy (non-hydrogen) atoms. The van der Waals surface area contributed by atoms with Crippen molar-refractivity contribution in [3.8, 4) is 0 Å². The SMILES string of the molecule is O=C1N2CN3C(=O)N(CN4C(=O)N(CN5C(=O)N(CN6C(=O)N(CN1C1C7CCC(C7)C12)C1C2CCC(C2)C16)C1C2CCC(C2)C15)C1C2CCC(C2)C14)C1C2CCC(C2)C13. The summed E-state index contributed by atoms with van der Waals surface area (Å²) in [6.07, 6.45) is 16.7. The summed E-state index contributed by atoms with van der Waals surface area (Å²) >= 11 is 0. The van der Waals surface area contributed by atoms with Gasteiger partial charge in [-0.05, 0) is 155 Å². The Hall–Kier alpha value is -3.65. The highest BCUT2D eigenvalue weighted by Gasteiger charge is 2.69. The predicted octanol–water partition coefficient (Wildman–Crippen LogP) is 4.31. The Kier molecular flexibility index (Phi) is 6.28. The van der Waals surface area contributed by atoms with Gasteiger partial charge in [-0.3, -0.25) is 0 Å². The molecule has 16 fully saturated rings. The second-order valence-electron chi connectivity index (χ2n) is 23.4. The van der Waals surface area contributed by atoms with E-state index in [0.29, 0.717) is 92.5 Å².